The molecule has 0 spiro atoms. The number of pyridine rings is 1. The second-order valence-electron chi connectivity index (χ2n) is 4.04. The second kappa shape index (κ2) is 4.28. The first-order valence-corrected chi connectivity index (χ1v) is 5.67. The first kappa shape index (κ1) is 12.9. The first-order valence-electron chi connectivity index (χ1n) is 5.30. The van der Waals surface area contributed by atoms with Crippen LogP contribution in [0.2, 0.25) is 0 Å². The van der Waals surface area contributed by atoms with E-state index in [2.05, 4.69) is 4.98 Å². The Bertz CT molecular complexity index is 635. The summed E-state index contributed by atoms with van der Waals surface area (Å²) in [6, 6.07) is 7.06. The quantitative estimate of drug-likeness (QED) is 0.612. The van der Waals surface area contributed by atoms with E-state index in [4.69, 9.17) is 11.6 Å². The lowest BCUT2D eigenvalue weighted by molar-refractivity contribution is 0.0534. The topological polar surface area (TPSA) is 30.0 Å². The van der Waals surface area contributed by atoms with Gasteiger partial charge in [0, 0.05) is 11.1 Å². The number of fused-ring (bicyclic) bond motifs is 1. The van der Waals surface area contributed by atoms with Gasteiger partial charge in [-0.15, -0.1) is 0 Å². The number of para-hydroxylation sites is 1. The molecule has 0 saturated heterocycles. The van der Waals surface area contributed by atoms with E-state index in [0.29, 0.717) is 16.5 Å². The zero-order chi connectivity index (χ0) is 13.5. The molecule has 0 radical (unpaired) electrons. The number of alkyl halides is 3. The van der Waals surface area contributed by atoms with Crippen molar-refractivity contribution in [2.24, 2.45) is 0 Å². The average Bonchev–Trinajstić information content (AvgIpc) is 2.27. The molecule has 0 amide bonds. The Morgan fingerprint density at radius 3 is 2.50 bits per heavy atom. The molecule has 0 bridgehead atoms. The summed E-state index contributed by atoms with van der Waals surface area (Å²) in [6.45, 7) is 3.14. The number of carbonyl (C=O) groups excluding carboxylic acids is 1. The van der Waals surface area contributed by atoms with E-state index in [1.165, 1.54) is 6.92 Å². The molecule has 0 fully saturated rings. The molecule has 2 rings (SSSR count). The van der Waals surface area contributed by atoms with Gasteiger partial charge in [-0.05, 0) is 37.1 Å². The molecule has 0 N–H and O–H groups in total. The third-order valence-electron chi connectivity index (χ3n) is 2.82. The lowest BCUT2D eigenvalue weighted by Crippen LogP contribution is -2.24. The lowest BCUT2D eigenvalue weighted by Gasteiger charge is -2.13. The van der Waals surface area contributed by atoms with Crippen LogP contribution in [0.15, 0.2) is 24.3 Å². The smallest absolute Gasteiger partial charge is 0.286 e. The van der Waals surface area contributed by atoms with E-state index in [1.807, 2.05) is 0 Å². The van der Waals surface area contributed by atoms with Crippen molar-refractivity contribution in [2.45, 2.75) is 19.2 Å². The Hall–Kier alpha value is -1.55. The molecular formula is C13H10ClF2NO. The van der Waals surface area contributed by atoms with Gasteiger partial charge in [-0.2, -0.15) is 8.78 Å². The van der Waals surface area contributed by atoms with Gasteiger partial charge in [0.1, 0.15) is 0 Å². The summed E-state index contributed by atoms with van der Waals surface area (Å²) in [6.07, 6.45) is 0. The SMILES string of the molecule is Cc1nc2ccccc2c(C)c1C(=O)C(F)(F)Cl. The zero-order valence-corrected chi connectivity index (χ0v) is 10.6. The molecule has 1 aromatic carbocycles. The summed E-state index contributed by atoms with van der Waals surface area (Å²) in [5, 5.41) is -3.23. The number of carbonyl (C=O) groups is 1. The molecule has 2 aromatic rings. The molecule has 0 saturated carbocycles. The monoisotopic (exact) mass is 269 g/mol. The van der Waals surface area contributed by atoms with Crippen molar-refractivity contribution in [1.82, 2.24) is 4.98 Å². The van der Waals surface area contributed by atoms with Crippen LogP contribution >= 0.6 is 11.6 Å². The maximum Gasteiger partial charge on any atom is 0.385 e. The minimum atomic E-state index is -3.90. The highest BCUT2D eigenvalue weighted by Crippen LogP contribution is 2.30. The largest absolute Gasteiger partial charge is 0.385 e. The predicted octanol–water partition coefficient (Wildman–Crippen LogP) is 3.87. The van der Waals surface area contributed by atoms with Crippen LogP contribution in [0, 0.1) is 13.8 Å². The Kier molecular flexibility index (Phi) is 3.07. The van der Waals surface area contributed by atoms with Gasteiger partial charge >= 0.3 is 5.38 Å². The van der Waals surface area contributed by atoms with Crippen LogP contribution in [-0.2, 0) is 0 Å². The number of hydrogen-bond donors (Lipinski definition) is 0. The number of aryl methyl sites for hydroxylation is 2. The number of nitrogens with zero attached hydrogens (tertiary/aromatic N) is 1. The number of halogens is 3. The average molecular weight is 270 g/mol. The summed E-state index contributed by atoms with van der Waals surface area (Å²) in [7, 11) is 0. The van der Waals surface area contributed by atoms with Crippen LogP contribution in [0.3, 0.4) is 0 Å². The first-order chi connectivity index (χ1) is 8.32. The molecule has 94 valence electrons. The summed E-state index contributed by atoms with van der Waals surface area (Å²) < 4.78 is 25.9. The fourth-order valence-corrected chi connectivity index (χ4v) is 2.10. The van der Waals surface area contributed by atoms with Gasteiger partial charge in [-0.3, -0.25) is 9.78 Å². The summed E-state index contributed by atoms with van der Waals surface area (Å²) in [4.78, 5) is 15.8. The van der Waals surface area contributed by atoms with Gasteiger partial charge in [0.2, 0.25) is 5.78 Å². The number of aromatic nitrogens is 1. The molecule has 0 aliphatic carbocycles. The molecule has 1 heterocycles. The van der Waals surface area contributed by atoms with Gasteiger partial charge in [0.05, 0.1) is 11.1 Å². The zero-order valence-electron chi connectivity index (χ0n) is 9.80. The number of Topliss-reactive ketones (excluding diaryl/α,β-unsaturated/α-hetero) is 1. The molecule has 0 aliphatic rings. The third-order valence-corrected chi connectivity index (χ3v) is 2.99. The number of ketones is 1. The van der Waals surface area contributed by atoms with E-state index in [9.17, 15) is 13.6 Å². The van der Waals surface area contributed by atoms with Crippen molar-refractivity contribution in [1.29, 1.82) is 0 Å². The van der Waals surface area contributed by atoms with Crippen LogP contribution < -0.4 is 0 Å². The van der Waals surface area contributed by atoms with Crippen molar-refractivity contribution in [2.75, 3.05) is 0 Å². The van der Waals surface area contributed by atoms with E-state index >= 15 is 0 Å². The minimum Gasteiger partial charge on any atom is -0.286 e. The van der Waals surface area contributed by atoms with Crippen LogP contribution in [-0.4, -0.2) is 16.1 Å². The molecule has 18 heavy (non-hydrogen) atoms. The second-order valence-corrected chi connectivity index (χ2v) is 4.52. The molecule has 0 unspecified atom stereocenters. The molecule has 2 nitrogen and oxygen atoms in total. The van der Waals surface area contributed by atoms with E-state index in [1.54, 1.807) is 31.2 Å². The van der Waals surface area contributed by atoms with Crippen LogP contribution in [0.5, 0.6) is 0 Å². The fraction of sp³-hybridized carbons (Fsp3) is 0.231. The molecular weight excluding hydrogens is 260 g/mol. The normalized spacial score (nSPS) is 11.8. The fourth-order valence-electron chi connectivity index (χ4n) is 2.01. The number of hydrogen-bond acceptors (Lipinski definition) is 2. The number of rotatable bonds is 2. The Balaban J connectivity index is 2.76. The van der Waals surface area contributed by atoms with E-state index in [0.717, 1.165) is 0 Å². The standard InChI is InChI=1S/C13H10ClF2NO/c1-7-9-5-3-4-6-10(9)17-8(2)11(7)12(18)13(14,15)16/h3-6H,1-2H3. The lowest BCUT2D eigenvalue weighted by atomic mass is 9.99. The maximum absolute atomic E-state index is 12.9. The highest BCUT2D eigenvalue weighted by molar-refractivity contribution is 6.35. The van der Waals surface area contributed by atoms with E-state index < -0.39 is 11.2 Å². The van der Waals surface area contributed by atoms with E-state index in [-0.39, 0.29) is 11.3 Å². The predicted molar refractivity (Wildman–Crippen MR) is 66.3 cm³/mol. The van der Waals surface area contributed by atoms with Crippen molar-refractivity contribution in [3.05, 3.63) is 41.1 Å². The van der Waals surface area contributed by atoms with Gasteiger partial charge in [0.25, 0.3) is 0 Å². The number of benzene rings is 1. The summed E-state index contributed by atoms with van der Waals surface area (Å²) in [5.74, 6) is -1.41. The highest BCUT2D eigenvalue weighted by Gasteiger charge is 2.38. The maximum atomic E-state index is 12.9. The van der Waals surface area contributed by atoms with Crippen LogP contribution in [0.1, 0.15) is 21.6 Å². The highest BCUT2D eigenvalue weighted by atomic mass is 35.5. The van der Waals surface area contributed by atoms with Gasteiger partial charge < -0.3 is 0 Å². The minimum absolute atomic E-state index is 0.103. The van der Waals surface area contributed by atoms with Crippen molar-refractivity contribution >= 4 is 28.3 Å². The van der Waals surface area contributed by atoms with Crippen molar-refractivity contribution < 1.29 is 13.6 Å². The van der Waals surface area contributed by atoms with Crippen LogP contribution in [0.25, 0.3) is 10.9 Å². The van der Waals surface area contributed by atoms with Crippen molar-refractivity contribution in [3.8, 4) is 0 Å². The van der Waals surface area contributed by atoms with Gasteiger partial charge in [0.15, 0.2) is 0 Å². The Morgan fingerprint density at radius 1 is 1.28 bits per heavy atom. The molecule has 1 aromatic heterocycles. The van der Waals surface area contributed by atoms with Crippen molar-refractivity contribution in [3.63, 3.8) is 0 Å². The van der Waals surface area contributed by atoms with Crippen LogP contribution in [0.4, 0.5) is 8.78 Å². The Labute approximate surface area is 108 Å². The molecule has 0 atom stereocenters. The van der Waals surface area contributed by atoms with Gasteiger partial charge in [-0.25, -0.2) is 0 Å². The third kappa shape index (κ3) is 2.08. The summed E-state index contributed by atoms with van der Waals surface area (Å²) in [5.41, 5.74) is 1.30. The molecule has 0 aliphatic heterocycles. The summed E-state index contributed by atoms with van der Waals surface area (Å²) >= 11 is 4.80. The Morgan fingerprint density at radius 2 is 1.89 bits per heavy atom. The van der Waals surface area contributed by atoms with Gasteiger partial charge in [-0.1, -0.05) is 18.2 Å². The molecule has 5 heteroatoms.